The Kier molecular flexibility index (Phi) is 6.63. The fourth-order valence-electron chi connectivity index (χ4n) is 2.19. The summed E-state index contributed by atoms with van der Waals surface area (Å²) in [7, 11) is 1.16. The number of para-hydroxylation sites is 2. The summed E-state index contributed by atoms with van der Waals surface area (Å²) in [4.78, 5) is 45.4. The fourth-order valence-corrected chi connectivity index (χ4v) is 2.19. The van der Waals surface area contributed by atoms with Gasteiger partial charge in [-0.1, -0.05) is 12.1 Å². The van der Waals surface area contributed by atoms with Crippen LogP contribution in [0.2, 0.25) is 0 Å². The van der Waals surface area contributed by atoms with Gasteiger partial charge in [-0.3, -0.25) is 19.7 Å². The Labute approximate surface area is 159 Å². The topological polar surface area (TPSA) is 134 Å². The van der Waals surface area contributed by atoms with Crippen LogP contribution < -0.4 is 14.8 Å². The highest BCUT2D eigenvalue weighted by atomic mass is 16.6. The van der Waals surface area contributed by atoms with Crippen LogP contribution in [0.1, 0.15) is 17.3 Å². The number of rotatable bonds is 7. The molecule has 10 heteroatoms. The molecule has 0 bridgehead atoms. The number of anilines is 1. The quantitative estimate of drug-likeness (QED) is 0.330. The van der Waals surface area contributed by atoms with E-state index in [4.69, 9.17) is 9.47 Å². The van der Waals surface area contributed by atoms with Crippen LogP contribution in [-0.2, 0) is 14.3 Å². The van der Waals surface area contributed by atoms with E-state index in [0.29, 0.717) is 0 Å². The molecule has 2 rings (SSSR count). The van der Waals surface area contributed by atoms with Crippen molar-refractivity contribution in [2.75, 3.05) is 19.0 Å². The Hall–Kier alpha value is -3.95. The standard InChI is InChI=1S/C18H16N2O8/c1-11(21)28-15-8-7-12(9-13(15)18(23)26-2)19-17(22)10-27-16-6-4-3-5-14(16)20(24)25/h3-9H,10H2,1-2H3,(H,19,22). The molecule has 2 aromatic rings. The summed E-state index contributed by atoms with van der Waals surface area (Å²) < 4.78 is 14.7. The molecule has 1 N–H and O–H groups in total. The van der Waals surface area contributed by atoms with Crippen LogP contribution in [-0.4, -0.2) is 36.5 Å². The molecule has 28 heavy (non-hydrogen) atoms. The van der Waals surface area contributed by atoms with E-state index in [-0.39, 0.29) is 28.4 Å². The Morgan fingerprint density at radius 2 is 1.82 bits per heavy atom. The minimum Gasteiger partial charge on any atom is -0.477 e. The lowest BCUT2D eigenvalue weighted by molar-refractivity contribution is -0.385. The second-order valence-corrected chi connectivity index (χ2v) is 5.36. The number of carbonyl (C=O) groups is 3. The van der Waals surface area contributed by atoms with Crippen molar-refractivity contribution in [3.8, 4) is 11.5 Å². The van der Waals surface area contributed by atoms with Crippen LogP contribution in [0.4, 0.5) is 11.4 Å². The van der Waals surface area contributed by atoms with Gasteiger partial charge in [-0.25, -0.2) is 4.79 Å². The van der Waals surface area contributed by atoms with Gasteiger partial charge in [0.15, 0.2) is 12.4 Å². The van der Waals surface area contributed by atoms with Crippen molar-refractivity contribution >= 4 is 29.2 Å². The number of methoxy groups -OCH3 is 1. The van der Waals surface area contributed by atoms with Gasteiger partial charge in [-0.05, 0) is 24.3 Å². The normalized spacial score (nSPS) is 9.93. The molecule has 0 aliphatic carbocycles. The summed E-state index contributed by atoms with van der Waals surface area (Å²) in [6.45, 7) is 0.682. The van der Waals surface area contributed by atoms with Gasteiger partial charge in [0.05, 0.1) is 12.0 Å². The van der Waals surface area contributed by atoms with Crippen molar-refractivity contribution in [2.24, 2.45) is 0 Å². The number of benzene rings is 2. The summed E-state index contributed by atoms with van der Waals surface area (Å²) in [6, 6.07) is 9.64. The van der Waals surface area contributed by atoms with E-state index in [9.17, 15) is 24.5 Å². The molecule has 0 saturated heterocycles. The monoisotopic (exact) mass is 388 g/mol. The lowest BCUT2D eigenvalue weighted by Crippen LogP contribution is -2.21. The fraction of sp³-hybridized carbons (Fsp3) is 0.167. The van der Waals surface area contributed by atoms with E-state index < -0.39 is 29.4 Å². The third-order valence-electron chi connectivity index (χ3n) is 3.34. The highest BCUT2D eigenvalue weighted by Gasteiger charge is 2.18. The van der Waals surface area contributed by atoms with Crippen molar-refractivity contribution in [1.82, 2.24) is 0 Å². The number of amides is 1. The molecule has 10 nitrogen and oxygen atoms in total. The molecule has 0 fully saturated rings. The molecule has 0 aromatic heterocycles. The molecule has 146 valence electrons. The SMILES string of the molecule is COC(=O)c1cc(NC(=O)COc2ccccc2[N+](=O)[O-])ccc1OC(C)=O. The van der Waals surface area contributed by atoms with Crippen LogP contribution in [0, 0.1) is 10.1 Å². The predicted octanol–water partition coefficient (Wildman–Crippen LogP) is 2.32. The Bertz CT molecular complexity index is 926. The summed E-state index contributed by atoms with van der Waals surface area (Å²) in [5, 5.41) is 13.4. The van der Waals surface area contributed by atoms with Crippen LogP contribution in [0.25, 0.3) is 0 Å². The molecule has 0 unspecified atom stereocenters. The van der Waals surface area contributed by atoms with Crippen molar-refractivity contribution in [1.29, 1.82) is 0 Å². The van der Waals surface area contributed by atoms with Crippen LogP contribution in [0.3, 0.4) is 0 Å². The number of esters is 2. The molecule has 0 aliphatic rings. The van der Waals surface area contributed by atoms with Crippen LogP contribution in [0.5, 0.6) is 11.5 Å². The lowest BCUT2D eigenvalue weighted by atomic mass is 10.1. The highest BCUT2D eigenvalue weighted by molar-refractivity contribution is 5.97. The van der Waals surface area contributed by atoms with Crippen LogP contribution in [0.15, 0.2) is 42.5 Å². The summed E-state index contributed by atoms with van der Waals surface area (Å²) in [5.74, 6) is -2.07. The molecule has 2 aromatic carbocycles. The summed E-state index contributed by atoms with van der Waals surface area (Å²) >= 11 is 0. The van der Waals surface area contributed by atoms with E-state index in [1.165, 1.54) is 49.4 Å². The maximum Gasteiger partial charge on any atom is 0.341 e. The molecule has 0 radical (unpaired) electrons. The zero-order valence-corrected chi connectivity index (χ0v) is 15.0. The average molecular weight is 388 g/mol. The molecule has 0 heterocycles. The Morgan fingerprint density at radius 1 is 1.11 bits per heavy atom. The molecule has 0 spiro atoms. The first-order valence-corrected chi connectivity index (χ1v) is 7.88. The lowest BCUT2D eigenvalue weighted by Gasteiger charge is -2.11. The second-order valence-electron chi connectivity index (χ2n) is 5.36. The first kappa shape index (κ1) is 20.4. The van der Waals surface area contributed by atoms with Crippen LogP contribution >= 0.6 is 0 Å². The number of hydrogen-bond acceptors (Lipinski definition) is 8. The second kappa shape index (κ2) is 9.12. The van der Waals surface area contributed by atoms with Gasteiger partial charge in [0.1, 0.15) is 11.3 Å². The smallest absolute Gasteiger partial charge is 0.341 e. The van der Waals surface area contributed by atoms with E-state index in [0.717, 1.165) is 7.11 Å². The molecule has 0 saturated carbocycles. The van der Waals surface area contributed by atoms with Gasteiger partial charge in [0, 0.05) is 18.7 Å². The third-order valence-corrected chi connectivity index (χ3v) is 3.34. The maximum atomic E-state index is 12.1. The number of nitro groups is 1. The molecular formula is C18H16N2O8. The number of ether oxygens (including phenoxy) is 3. The largest absolute Gasteiger partial charge is 0.477 e. The van der Waals surface area contributed by atoms with Gasteiger partial charge in [0.2, 0.25) is 0 Å². The van der Waals surface area contributed by atoms with Gasteiger partial charge in [-0.2, -0.15) is 0 Å². The predicted molar refractivity (Wildman–Crippen MR) is 96.3 cm³/mol. The third kappa shape index (κ3) is 5.27. The van der Waals surface area contributed by atoms with Gasteiger partial charge in [0.25, 0.3) is 5.91 Å². The van der Waals surface area contributed by atoms with Crippen molar-refractivity contribution in [2.45, 2.75) is 6.92 Å². The average Bonchev–Trinajstić information content (AvgIpc) is 2.66. The Balaban J connectivity index is 2.10. The minimum absolute atomic E-state index is 0.0199. The van der Waals surface area contributed by atoms with Crippen molar-refractivity contribution in [3.63, 3.8) is 0 Å². The maximum absolute atomic E-state index is 12.1. The number of nitrogens with one attached hydrogen (secondary N) is 1. The Morgan fingerprint density at radius 3 is 2.46 bits per heavy atom. The van der Waals surface area contributed by atoms with E-state index in [1.807, 2.05) is 0 Å². The van der Waals surface area contributed by atoms with Gasteiger partial charge in [-0.15, -0.1) is 0 Å². The number of nitro benzene ring substituents is 1. The molecule has 0 atom stereocenters. The van der Waals surface area contributed by atoms with E-state index >= 15 is 0 Å². The molecule has 0 aliphatic heterocycles. The van der Waals surface area contributed by atoms with E-state index in [2.05, 4.69) is 10.1 Å². The van der Waals surface area contributed by atoms with Crippen molar-refractivity contribution in [3.05, 3.63) is 58.1 Å². The van der Waals surface area contributed by atoms with Gasteiger partial charge >= 0.3 is 17.6 Å². The first-order valence-electron chi connectivity index (χ1n) is 7.88. The van der Waals surface area contributed by atoms with E-state index in [1.54, 1.807) is 0 Å². The number of hydrogen-bond donors (Lipinski definition) is 1. The number of carbonyl (C=O) groups excluding carboxylic acids is 3. The molecule has 1 amide bonds. The number of nitrogens with zero attached hydrogens (tertiary/aromatic N) is 1. The highest BCUT2D eigenvalue weighted by Crippen LogP contribution is 2.26. The minimum atomic E-state index is -0.761. The zero-order chi connectivity index (χ0) is 20.7. The zero-order valence-electron chi connectivity index (χ0n) is 15.0. The first-order chi connectivity index (χ1) is 13.3. The summed E-state index contributed by atoms with van der Waals surface area (Å²) in [5.41, 5.74) is -0.114. The van der Waals surface area contributed by atoms with Crippen molar-refractivity contribution < 1.29 is 33.5 Å². The molecular weight excluding hydrogens is 372 g/mol. The summed E-state index contributed by atoms with van der Waals surface area (Å²) in [6.07, 6.45) is 0. The van der Waals surface area contributed by atoms with Gasteiger partial charge < -0.3 is 19.5 Å².